The van der Waals surface area contributed by atoms with Gasteiger partial charge in [0.25, 0.3) is 0 Å². The molecule has 35 heavy (non-hydrogen) atoms. The number of ether oxygens (including phenoxy) is 1. The average molecular weight is 492 g/mol. The molecule has 1 aliphatic heterocycles. The van der Waals surface area contributed by atoms with Crippen molar-refractivity contribution in [2.75, 3.05) is 23.8 Å². The first-order valence-electron chi connectivity index (χ1n) is 11.4. The summed E-state index contributed by atoms with van der Waals surface area (Å²) >= 11 is 6.63. The number of aromatic amines is 1. The molecule has 1 aliphatic rings. The quantitative estimate of drug-likeness (QED) is 0.326. The maximum Gasteiger partial charge on any atom is 0.123 e. The van der Waals surface area contributed by atoms with Crippen LogP contribution >= 0.6 is 11.6 Å². The van der Waals surface area contributed by atoms with Crippen molar-refractivity contribution < 1.29 is 9.13 Å². The largest absolute Gasteiger partial charge is 0.381 e. The van der Waals surface area contributed by atoms with Crippen LogP contribution in [0.2, 0.25) is 5.02 Å². The number of nitrogens with zero attached hydrogens (tertiary/aromatic N) is 4. The molecule has 2 aromatic carbocycles. The number of aromatic nitrogens is 4. The normalized spacial score (nSPS) is 16.5. The van der Waals surface area contributed by atoms with Gasteiger partial charge in [-0.1, -0.05) is 23.7 Å². The molecule has 0 spiro atoms. The zero-order chi connectivity index (χ0) is 24.2. The highest BCUT2D eigenvalue weighted by molar-refractivity contribution is 6.35. The number of hydrogen-bond donors (Lipinski definition) is 3. The van der Waals surface area contributed by atoms with E-state index in [1.54, 1.807) is 24.4 Å². The molecule has 5 rings (SSSR count). The van der Waals surface area contributed by atoms with E-state index in [0.29, 0.717) is 45.1 Å². The first-order chi connectivity index (χ1) is 17.1. The summed E-state index contributed by atoms with van der Waals surface area (Å²) in [6.07, 6.45) is 6.40. The molecule has 1 unspecified atom stereocenters. The van der Waals surface area contributed by atoms with Gasteiger partial charge in [-0.2, -0.15) is 20.7 Å². The van der Waals surface area contributed by atoms with E-state index in [9.17, 15) is 9.65 Å². The second-order valence-electron chi connectivity index (χ2n) is 8.41. The zero-order valence-electron chi connectivity index (χ0n) is 18.8. The van der Waals surface area contributed by atoms with Crippen molar-refractivity contribution in [1.82, 2.24) is 20.4 Å². The lowest BCUT2D eigenvalue weighted by molar-refractivity contribution is 0.0248. The molecular weight excluding hydrogens is 469 g/mol. The molecule has 2 atom stereocenters. The van der Waals surface area contributed by atoms with Crippen LogP contribution in [-0.4, -0.2) is 39.7 Å². The van der Waals surface area contributed by atoms with Crippen molar-refractivity contribution >= 4 is 33.9 Å². The number of fused-ring (bicyclic) bond motifs is 1. The molecule has 10 heteroatoms. The molecule has 178 valence electrons. The zero-order valence-corrected chi connectivity index (χ0v) is 19.5. The van der Waals surface area contributed by atoms with Crippen LogP contribution in [0.1, 0.15) is 42.1 Å². The first kappa shape index (κ1) is 23.0. The van der Waals surface area contributed by atoms with E-state index >= 15 is 0 Å². The number of pyridine rings is 1. The van der Waals surface area contributed by atoms with Gasteiger partial charge in [-0.05, 0) is 49.1 Å². The van der Waals surface area contributed by atoms with Gasteiger partial charge in [-0.3, -0.25) is 4.98 Å². The van der Waals surface area contributed by atoms with E-state index in [-0.39, 0.29) is 11.9 Å². The summed E-state index contributed by atoms with van der Waals surface area (Å²) in [5.74, 6) is -0.325. The fourth-order valence-electron chi connectivity index (χ4n) is 4.30. The van der Waals surface area contributed by atoms with Gasteiger partial charge in [0, 0.05) is 30.4 Å². The van der Waals surface area contributed by atoms with Crippen molar-refractivity contribution in [2.45, 2.75) is 31.4 Å². The van der Waals surface area contributed by atoms with Gasteiger partial charge in [0.1, 0.15) is 17.6 Å². The second-order valence-corrected chi connectivity index (χ2v) is 8.81. The predicted octanol–water partition coefficient (Wildman–Crippen LogP) is 5.20. The summed E-state index contributed by atoms with van der Waals surface area (Å²) in [7, 11) is 0. The number of hydrogen-bond acceptors (Lipinski definition) is 7. The summed E-state index contributed by atoms with van der Waals surface area (Å²) < 4.78 is 19.4. The van der Waals surface area contributed by atoms with Crippen LogP contribution in [0.3, 0.4) is 0 Å². The Morgan fingerprint density at radius 1 is 1.23 bits per heavy atom. The minimum atomic E-state index is -0.415. The van der Waals surface area contributed by atoms with E-state index in [4.69, 9.17) is 16.3 Å². The molecule has 0 bridgehead atoms. The Morgan fingerprint density at radius 2 is 2.09 bits per heavy atom. The van der Waals surface area contributed by atoms with Crippen LogP contribution in [-0.2, 0) is 4.74 Å². The number of benzene rings is 2. The Balaban J connectivity index is 1.52. The smallest absolute Gasteiger partial charge is 0.123 e. The minimum absolute atomic E-state index is 0.0882. The number of anilines is 2. The molecule has 3 N–H and O–H groups in total. The lowest BCUT2D eigenvalue weighted by Crippen LogP contribution is -2.27. The van der Waals surface area contributed by atoms with Crippen LogP contribution in [0.4, 0.5) is 15.8 Å². The van der Waals surface area contributed by atoms with Gasteiger partial charge in [-0.25, -0.2) is 4.39 Å². The fourth-order valence-corrected chi connectivity index (χ4v) is 4.57. The summed E-state index contributed by atoms with van der Waals surface area (Å²) in [6, 6.07) is 11.7. The van der Waals surface area contributed by atoms with Crippen LogP contribution in [0.5, 0.6) is 0 Å². The lowest BCUT2D eigenvalue weighted by atomic mass is 10.0. The van der Waals surface area contributed by atoms with E-state index in [2.05, 4.69) is 37.1 Å². The van der Waals surface area contributed by atoms with Crippen molar-refractivity contribution in [1.29, 1.82) is 5.26 Å². The highest BCUT2D eigenvalue weighted by Gasteiger charge is 2.20. The standard InChI is InChI=1S/C25H23ClFN7O/c26-21-10-18(32-24(22-14-31-34-33-22)15-4-6-17(27)7-5-15)9-20-23(16(11-28)12-29-25(20)21)30-13-19-3-1-2-8-35-19/h4-7,9-10,12,14,19,24,32H,1-3,8,13H2,(H,29,30)(H,31,33,34)/t19?,24-/m0/s1. The van der Waals surface area contributed by atoms with E-state index in [0.717, 1.165) is 31.4 Å². The Kier molecular flexibility index (Phi) is 6.75. The first-order valence-corrected chi connectivity index (χ1v) is 11.8. The molecular formula is C25H23ClFN7O. The highest BCUT2D eigenvalue weighted by atomic mass is 35.5. The summed E-state index contributed by atoms with van der Waals surface area (Å²) in [4.78, 5) is 4.42. The lowest BCUT2D eigenvalue weighted by Gasteiger charge is -2.24. The third-order valence-electron chi connectivity index (χ3n) is 6.07. The number of H-pyrrole nitrogens is 1. The minimum Gasteiger partial charge on any atom is -0.381 e. The van der Waals surface area contributed by atoms with E-state index in [1.165, 1.54) is 18.3 Å². The van der Waals surface area contributed by atoms with Crippen molar-refractivity contribution in [3.8, 4) is 6.07 Å². The second kappa shape index (κ2) is 10.3. The molecule has 3 heterocycles. The van der Waals surface area contributed by atoms with Crippen LogP contribution in [0.15, 0.2) is 48.8 Å². The molecule has 1 saturated heterocycles. The van der Waals surface area contributed by atoms with Gasteiger partial charge in [0.05, 0.1) is 40.1 Å². The van der Waals surface area contributed by atoms with Crippen LogP contribution in [0, 0.1) is 17.1 Å². The van der Waals surface area contributed by atoms with Gasteiger partial charge in [0.2, 0.25) is 0 Å². The van der Waals surface area contributed by atoms with Gasteiger partial charge in [0.15, 0.2) is 0 Å². The maximum atomic E-state index is 13.5. The van der Waals surface area contributed by atoms with Crippen molar-refractivity contribution in [2.24, 2.45) is 0 Å². The van der Waals surface area contributed by atoms with Gasteiger partial charge in [-0.15, -0.1) is 0 Å². The third-order valence-corrected chi connectivity index (χ3v) is 6.36. The fraction of sp³-hybridized carbons (Fsp3) is 0.280. The number of nitriles is 1. The third kappa shape index (κ3) is 5.04. The van der Waals surface area contributed by atoms with Crippen molar-refractivity contribution in [3.63, 3.8) is 0 Å². The van der Waals surface area contributed by atoms with Gasteiger partial charge < -0.3 is 15.4 Å². The average Bonchev–Trinajstić information content (AvgIpc) is 3.42. The van der Waals surface area contributed by atoms with Gasteiger partial charge >= 0.3 is 0 Å². The Morgan fingerprint density at radius 3 is 2.80 bits per heavy atom. The molecule has 0 amide bonds. The Labute approximate surface area is 206 Å². The Bertz CT molecular complexity index is 1350. The molecule has 0 radical (unpaired) electrons. The van der Waals surface area contributed by atoms with Crippen molar-refractivity contribution in [3.05, 3.63) is 76.5 Å². The summed E-state index contributed by atoms with van der Waals surface area (Å²) in [6.45, 7) is 1.33. The summed E-state index contributed by atoms with van der Waals surface area (Å²) in [5.41, 5.74) is 3.79. The van der Waals surface area contributed by atoms with E-state index in [1.807, 2.05) is 6.07 Å². The molecule has 0 aliphatic carbocycles. The SMILES string of the molecule is N#Cc1cnc2c(Cl)cc(N[C@@H](c3ccc(F)cc3)c3cn[nH]n3)cc2c1NCC1CCCCO1. The maximum absolute atomic E-state index is 13.5. The Hall–Kier alpha value is -3.74. The number of nitrogens with one attached hydrogen (secondary N) is 3. The predicted molar refractivity (Wildman–Crippen MR) is 132 cm³/mol. The summed E-state index contributed by atoms with van der Waals surface area (Å²) in [5, 5.41) is 28.5. The number of halogens is 2. The number of rotatable bonds is 7. The molecule has 4 aromatic rings. The van der Waals surface area contributed by atoms with Crippen LogP contribution < -0.4 is 10.6 Å². The topological polar surface area (TPSA) is 112 Å². The molecule has 1 fully saturated rings. The monoisotopic (exact) mass is 491 g/mol. The molecule has 2 aromatic heterocycles. The van der Waals surface area contributed by atoms with Crippen LogP contribution in [0.25, 0.3) is 10.9 Å². The van der Waals surface area contributed by atoms with E-state index < -0.39 is 6.04 Å². The highest BCUT2D eigenvalue weighted by Crippen LogP contribution is 2.35. The molecule has 8 nitrogen and oxygen atoms in total. The molecule has 0 saturated carbocycles.